The van der Waals surface area contributed by atoms with Gasteiger partial charge < -0.3 is 4.74 Å². The van der Waals surface area contributed by atoms with Gasteiger partial charge in [-0.15, -0.1) is 0 Å². The molecule has 1 aliphatic rings. The van der Waals surface area contributed by atoms with Crippen LogP contribution in [-0.2, 0) is 14.8 Å². The first kappa shape index (κ1) is 21.1. The second kappa shape index (κ2) is 9.28. The lowest BCUT2D eigenvalue weighted by atomic mass is 10.1. The molecule has 0 N–H and O–H groups in total. The van der Waals surface area contributed by atoms with E-state index in [-0.39, 0.29) is 29.3 Å². The maximum Gasteiger partial charge on any atom is 0.338 e. The van der Waals surface area contributed by atoms with Crippen molar-refractivity contribution in [3.8, 4) is 0 Å². The van der Waals surface area contributed by atoms with Crippen LogP contribution in [0.5, 0.6) is 0 Å². The molecule has 29 heavy (non-hydrogen) atoms. The molecule has 0 radical (unpaired) electrons. The second-order valence-corrected chi connectivity index (χ2v) is 8.75. The number of carbonyl (C=O) groups is 2. The summed E-state index contributed by atoms with van der Waals surface area (Å²) in [6.45, 7) is 0.993. The normalized spacial score (nSPS) is 14.7. The van der Waals surface area contributed by atoms with E-state index in [0.717, 1.165) is 12.8 Å². The van der Waals surface area contributed by atoms with Crippen molar-refractivity contribution >= 4 is 21.8 Å². The van der Waals surface area contributed by atoms with E-state index < -0.39 is 21.8 Å². The van der Waals surface area contributed by atoms with Crippen molar-refractivity contribution < 1.29 is 27.1 Å². The Morgan fingerprint density at radius 2 is 1.69 bits per heavy atom. The van der Waals surface area contributed by atoms with Gasteiger partial charge in [0, 0.05) is 25.1 Å². The number of hydrogen-bond acceptors (Lipinski definition) is 5. The lowest BCUT2D eigenvalue weighted by molar-refractivity contribution is 0.0494. The number of hydrogen-bond donors (Lipinski definition) is 0. The number of esters is 1. The number of halogens is 1. The predicted molar refractivity (Wildman–Crippen MR) is 105 cm³/mol. The lowest BCUT2D eigenvalue weighted by Crippen LogP contribution is -2.28. The molecule has 8 heteroatoms. The van der Waals surface area contributed by atoms with Crippen LogP contribution in [0.4, 0.5) is 4.39 Å². The van der Waals surface area contributed by atoms with Gasteiger partial charge in [-0.3, -0.25) is 4.79 Å². The van der Waals surface area contributed by atoms with Gasteiger partial charge in [0.2, 0.25) is 10.0 Å². The van der Waals surface area contributed by atoms with Crippen molar-refractivity contribution in [1.29, 1.82) is 0 Å². The van der Waals surface area contributed by atoms with Gasteiger partial charge in [-0.1, -0.05) is 6.07 Å². The van der Waals surface area contributed by atoms with E-state index in [1.54, 1.807) is 0 Å². The summed E-state index contributed by atoms with van der Waals surface area (Å²) in [5.41, 5.74) is 0.549. The minimum absolute atomic E-state index is 0.0227. The number of ketones is 1. The number of nitrogens with zero attached hydrogens (tertiary/aromatic N) is 1. The Morgan fingerprint density at radius 1 is 1.00 bits per heavy atom. The molecule has 0 atom stereocenters. The summed E-state index contributed by atoms with van der Waals surface area (Å²) in [5.74, 6) is -1.22. The van der Waals surface area contributed by atoms with Gasteiger partial charge in [-0.2, -0.15) is 4.31 Å². The van der Waals surface area contributed by atoms with Gasteiger partial charge >= 0.3 is 5.97 Å². The number of benzene rings is 2. The van der Waals surface area contributed by atoms with Gasteiger partial charge in [0.25, 0.3) is 0 Å². The highest BCUT2D eigenvalue weighted by molar-refractivity contribution is 7.89. The summed E-state index contributed by atoms with van der Waals surface area (Å²) < 4.78 is 44.7. The van der Waals surface area contributed by atoms with E-state index in [4.69, 9.17) is 4.74 Å². The molecule has 1 fully saturated rings. The number of ether oxygens (including phenoxy) is 1. The average molecular weight is 419 g/mol. The van der Waals surface area contributed by atoms with Gasteiger partial charge in [-0.25, -0.2) is 17.6 Å². The van der Waals surface area contributed by atoms with E-state index in [1.165, 1.54) is 52.8 Å². The quantitative estimate of drug-likeness (QED) is 0.372. The molecule has 2 aromatic carbocycles. The van der Waals surface area contributed by atoms with Crippen LogP contribution >= 0.6 is 0 Å². The van der Waals surface area contributed by atoms with Crippen LogP contribution in [0.25, 0.3) is 0 Å². The van der Waals surface area contributed by atoms with Crippen molar-refractivity contribution in [2.24, 2.45) is 0 Å². The fourth-order valence-electron chi connectivity index (χ4n) is 3.12. The first-order chi connectivity index (χ1) is 13.9. The van der Waals surface area contributed by atoms with Crippen LogP contribution in [-0.4, -0.2) is 44.2 Å². The fourth-order valence-corrected chi connectivity index (χ4v) is 4.69. The highest BCUT2D eigenvalue weighted by Gasteiger charge is 2.27. The van der Waals surface area contributed by atoms with Crippen molar-refractivity contribution in [1.82, 2.24) is 4.31 Å². The summed E-state index contributed by atoms with van der Waals surface area (Å²) >= 11 is 0. The van der Waals surface area contributed by atoms with E-state index in [2.05, 4.69) is 0 Å². The van der Waals surface area contributed by atoms with Crippen LogP contribution in [0.2, 0.25) is 0 Å². The SMILES string of the molecule is O=C(CCCOC(=O)c1cccc(S(=O)(=O)N2CCCC2)c1)c1ccc(F)cc1. The Bertz CT molecular complexity index is 982. The third-order valence-corrected chi connectivity index (χ3v) is 6.61. The molecule has 0 unspecified atom stereocenters. The van der Waals surface area contributed by atoms with Gasteiger partial charge in [0.15, 0.2) is 5.78 Å². The minimum Gasteiger partial charge on any atom is -0.462 e. The van der Waals surface area contributed by atoms with Gasteiger partial charge in [0.05, 0.1) is 17.1 Å². The Kier molecular flexibility index (Phi) is 6.76. The third kappa shape index (κ3) is 5.27. The third-order valence-electron chi connectivity index (χ3n) is 4.72. The molecular weight excluding hydrogens is 397 g/mol. The zero-order chi connectivity index (χ0) is 20.9. The van der Waals surface area contributed by atoms with Gasteiger partial charge in [-0.05, 0) is 61.7 Å². The molecule has 0 aliphatic carbocycles. The predicted octanol–water partition coefficient (Wildman–Crippen LogP) is 3.43. The first-order valence-corrected chi connectivity index (χ1v) is 10.9. The summed E-state index contributed by atoms with van der Waals surface area (Å²) in [6.07, 6.45) is 2.13. The van der Waals surface area contributed by atoms with Crippen LogP contribution < -0.4 is 0 Å². The van der Waals surface area contributed by atoms with E-state index >= 15 is 0 Å². The zero-order valence-electron chi connectivity index (χ0n) is 15.8. The molecule has 0 amide bonds. The molecule has 0 saturated carbocycles. The molecule has 1 aliphatic heterocycles. The second-order valence-electron chi connectivity index (χ2n) is 6.81. The van der Waals surface area contributed by atoms with Crippen LogP contribution in [0.1, 0.15) is 46.4 Å². The zero-order valence-corrected chi connectivity index (χ0v) is 16.7. The Balaban J connectivity index is 1.53. The molecule has 3 rings (SSSR count). The summed E-state index contributed by atoms with van der Waals surface area (Å²) in [7, 11) is -3.61. The molecular formula is C21H22FNO5S. The number of Topliss-reactive ketones (excluding diaryl/α,β-unsaturated/α-hetero) is 1. The van der Waals surface area contributed by atoms with E-state index in [0.29, 0.717) is 25.1 Å². The average Bonchev–Trinajstić information content (AvgIpc) is 3.27. The highest BCUT2D eigenvalue weighted by atomic mass is 32.2. The number of rotatable bonds is 8. The topological polar surface area (TPSA) is 80.8 Å². The lowest BCUT2D eigenvalue weighted by Gasteiger charge is -2.15. The van der Waals surface area contributed by atoms with Crippen molar-refractivity contribution in [2.75, 3.05) is 19.7 Å². The van der Waals surface area contributed by atoms with E-state index in [1.807, 2.05) is 0 Å². The molecule has 0 bridgehead atoms. The molecule has 0 aromatic heterocycles. The molecule has 2 aromatic rings. The van der Waals surface area contributed by atoms with Crippen LogP contribution in [0.3, 0.4) is 0 Å². The maximum atomic E-state index is 12.9. The Morgan fingerprint density at radius 3 is 2.38 bits per heavy atom. The Hall–Kier alpha value is -2.58. The number of carbonyl (C=O) groups excluding carboxylic acids is 2. The van der Waals surface area contributed by atoms with Crippen LogP contribution in [0, 0.1) is 5.82 Å². The summed E-state index contributed by atoms with van der Waals surface area (Å²) in [6, 6.07) is 11.1. The monoisotopic (exact) mass is 419 g/mol. The molecule has 154 valence electrons. The van der Waals surface area contributed by atoms with Crippen molar-refractivity contribution in [2.45, 2.75) is 30.6 Å². The largest absolute Gasteiger partial charge is 0.462 e. The van der Waals surface area contributed by atoms with Crippen molar-refractivity contribution in [3.05, 3.63) is 65.5 Å². The van der Waals surface area contributed by atoms with Crippen molar-refractivity contribution in [3.63, 3.8) is 0 Å². The maximum absolute atomic E-state index is 12.9. The summed E-state index contributed by atoms with van der Waals surface area (Å²) in [5, 5.41) is 0. The van der Waals surface area contributed by atoms with Crippen LogP contribution in [0.15, 0.2) is 53.4 Å². The molecule has 0 spiro atoms. The molecule has 6 nitrogen and oxygen atoms in total. The standard InChI is InChI=1S/C21H22FNO5S/c22-18-10-8-16(9-11-18)20(24)7-4-14-28-21(25)17-5-3-6-19(15-17)29(26,27)23-12-1-2-13-23/h3,5-6,8-11,15H,1-2,4,7,12-14H2. The Labute approximate surface area is 169 Å². The highest BCUT2D eigenvalue weighted by Crippen LogP contribution is 2.22. The first-order valence-electron chi connectivity index (χ1n) is 9.44. The fraction of sp³-hybridized carbons (Fsp3) is 0.333. The minimum atomic E-state index is -3.61. The number of sulfonamides is 1. The smallest absolute Gasteiger partial charge is 0.338 e. The molecule has 1 saturated heterocycles. The van der Waals surface area contributed by atoms with E-state index in [9.17, 15) is 22.4 Å². The summed E-state index contributed by atoms with van der Waals surface area (Å²) in [4.78, 5) is 24.3. The molecule has 1 heterocycles. The van der Waals surface area contributed by atoms with Gasteiger partial charge in [0.1, 0.15) is 5.82 Å².